The van der Waals surface area contributed by atoms with E-state index in [1.54, 1.807) is 0 Å². The average Bonchev–Trinajstić information content (AvgIpc) is 2.40. The first-order valence-corrected chi connectivity index (χ1v) is 15.0. The van der Waals surface area contributed by atoms with E-state index in [0.29, 0.717) is 0 Å². The maximum Gasteiger partial charge on any atom is 0.242 e. The highest BCUT2D eigenvalue weighted by molar-refractivity contribution is 6.70. The molecule has 0 amide bonds. The summed E-state index contributed by atoms with van der Waals surface area (Å²) >= 11 is 0. The van der Waals surface area contributed by atoms with E-state index in [0.717, 1.165) is 17.9 Å². The molecule has 23 heavy (non-hydrogen) atoms. The van der Waals surface area contributed by atoms with Crippen LogP contribution in [0.15, 0.2) is 48.5 Å². The first-order valence-electron chi connectivity index (χ1n) is 8.17. The van der Waals surface area contributed by atoms with E-state index in [1.165, 1.54) is 11.1 Å². The Bertz CT molecular complexity index is 638. The standard InChI is InChI=1S/C19H28O2Si2/c1-22(2,3)20-18-13-11-16(12-14-18)15-17-9-7-8-10-19(17)21-23(4,5)6/h7-14H,15H2,1-6H3. The molecule has 0 spiro atoms. The van der Waals surface area contributed by atoms with Gasteiger partial charge in [-0.3, -0.25) is 0 Å². The van der Waals surface area contributed by atoms with Crippen molar-refractivity contribution in [2.24, 2.45) is 0 Å². The van der Waals surface area contributed by atoms with Gasteiger partial charge in [0.15, 0.2) is 0 Å². The molecule has 0 atom stereocenters. The quantitative estimate of drug-likeness (QED) is 0.625. The Morgan fingerprint density at radius 2 is 1.26 bits per heavy atom. The number of rotatable bonds is 6. The third kappa shape index (κ3) is 6.24. The molecule has 0 fully saturated rings. The average molecular weight is 345 g/mol. The van der Waals surface area contributed by atoms with Crippen LogP contribution in [0.2, 0.25) is 39.3 Å². The van der Waals surface area contributed by atoms with E-state index in [4.69, 9.17) is 8.85 Å². The van der Waals surface area contributed by atoms with Crippen molar-refractivity contribution in [1.82, 2.24) is 0 Å². The topological polar surface area (TPSA) is 18.5 Å². The number of para-hydroxylation sites is 1. The maximum absolute atomic E-state index is 6.21. The largest absolute Gasteiger partial charge is 0.544 e. The van der Waals surface area contributed by atoms with E-state index in [9.17, 15) is 0 Å². The van der Waals surface area contributed by atoms with E-state index >= 15 is 0 Å². The van der Waals surface area contributed by atoms with E-state index < -0.39 is 16.6 Å². The monoisotopic (exact) mass is 344 g/mol. The van der Waals surface area contributed by atoms with Crippen molar-refractivity contribution >= 4 is 16.6 Å². The fourth-order valence-corrected chi connectivity index (χ4v) is 4.03. The first kappa shape index (κ1) is 17.8. The maximum atomic E-state index is 6.21. The Labute approximate surface area is 142 Å². The lowest BCUT2D eigenvalue weighted by Gasteiger charge is -2.22. The summed E-state index contributed by atoms with van der Waals surface area (Å²) in [5.41, 5.74) is 2.52. The number of hydrogen-bond acceptors (Lipinski definition) is 2. The predicted molar refractivity (Wildman–Crippen MR) is 104 cm³/mol. The third-order valence-electron chi connectivity index (χ3n) is 3.13. The molecule has 0 radical (unpaired) electrons. The molecule has 4 heteroatoms. The zero-order chi connectivity index (χ0) is 17.1. The van der Waals surface area contributed by atoms with Gasteiger partial charge in [-0.15, -0.1) is 0 Å². The molecular weight excluding hydrogens is 316 g/mol. The van der Waals surface area contributed by atoms with Crippen molar-refractivity contribution in [3.05, 3.63) is 59.7 Å². The predicted octanol–water partition coefficient (Wildman–Crippen LogP) is 5.70. The van der Waals surface area contributed by atoms with Gasteiger partial charge in [-0.05, 0) is 68.6 Å². The van der Waals surface area contributed by atoms with Gasteiger partial charge in [-0.2, -0.15) is 0 Å². The van der Waals surface area contributed by atoms with Crippen molar-refractivity contribution in [3.63, 3.8) is 0 Å². The Morgan fingerprint density at radius 3 is 1.83 bits per heavy atom. The second-order valence-electron chi connectivity index (χ2n) is 7.86. The van der Waals surface area contributed by atoms with Crippen LogP contribution < -0.4 is 8.85 Å². The smallest absolute Gasteiger partial charge is 0.242 e. The zero-order valence-electron chi connectivity index (χ0n) is 15.1. The van der Waals surface area contributed by atoms with Crippen LogP contribution in [-0.4, -0.2) is 16.6 Å². The van der Waals surface area contributed by atoms with Crippen molar-refractivity contribution < 1.29 is 8.85 Å². The summed E-state index contributed by atoms with van der Waals surface area (Å²) in [5.74, 6) is 1.99. The summed E-state index contributed by atoms with van der Waals surface area (Å²) in [6, 6.07) is 16.8. The Kier molecular flexibility index (Phi) is 5.37. The number of hydrogen-bond donors (Lipinski definition) is 0. The molecule has 2 aromatic rings. The molecule has 2 nitrogen and oxygen atoms in total. The molecular formula is C19H28O2Si2. The molecule has 0 heterocycles. The fraction of sp³-hybridized carbons (Fsp3) is 0.368. The second-order valence-corrected chi connectivity index (χ2v) is 16.7. The molecule has 0 aromatic heterocycles. The van der Waals surface area contributed by atoms with Gasteiger partial charge in [0.05, 0.1) is 0 Å². The highest BCUT2D eigenvalue weighted by Crippen LogP contribution is 2.25. The molecule has 0 aliphatic carbocycles. The molecule has 0 N–H and O–H groups in total. The van der Waals surface area contributed by atoms with E-state index in [-0.39, 0.29) is 0 Å². The summed E-state index contributed by atoms with van der Waals surface area (Å²) in [4.78, 5) is 0. The summed E-state index contributed by atoms with van der Waals surface area (Å²) < 4.78 is 12.2. The van der Waals surface area contributed by atoms with E-state index in [1.807, 2.05) is 6.07 Å². The molecule has 2 rings (SSSR count). The fourth-order valence-electron chi connectivity index (χ4n) is 2.33. The van der Waals surface area contributed by atoms with Crippen LogP contribution in [0.25, 0.3) is 0 Å². The van der Waals surface area contributed by atoms with Crippen molar-refractivity contribution in [3.8, 4) is 11.5 Å². The molecule has 0 bridgehead atoms. The van der Waals surface area contributed by atoms with Crippen LogP contribution in [0.1, 0.15) is 11.1 Å². The van der Waals surface area contributed by atoms with Gasteiger partial charge in [0.2, 0.25) is 16.6 Å². The highest BCUT2D eigenvalue weighted by Gasteiger charge is 2.18. The van der Waals surface area contributed by atoms with Gasteiger partial charge in [0.1, 0.15) is 11.5 Å². The Hall–Kier alpha value is -1.53. The van der Waals surface area contributed by atoms with Crippen LogP contribution in [0.5, 0.6) is 11.5 Å². The number of benzene rings is 2. The van der Waals surface area contributed by atoms with Crippen molar-refractivity contribution in [2.75, 3.05) is 0 Å². The molecule has 0 unspecified atom stereocenters. The third-order valence-corrected chi connectivity index (χ3v) is 4.81. The summed E-state index contributed by atoms with van der Waals surface area (Å²) in [6.45, 7) is 13.2. The van der Waals surface area contributed by atoms with Crippen molar-refractivity contribution in [1.29, 1.82) is 0 Å². The second kappa shape index (κ2) is 6.93. The van der Waals surface area contributed by atoms with Crippen LogP contribution in [0.4, 0.5) is 0 Å². The van der Waals surface area contributed by atoms with Crippen LogP contribution in [0, 0.1) is 0 Å². The van der Waals surface area contributed by atoms with Gasteiger partial charge in [-0.25, -0.2) is 0 Å². The van der Waals surface area contributed by atoms with Crippen LogP contribution >= 0.6 is 0 Å². The minimum absolute atomic E-state index is 0.883. The van der Waals surface area contributed by atoms with E-state index in [2.05, 4.69) is 81.7 Å². The molecule has 0 saturated carbocycles. The first-order chi connectivity index (χ1) is 10.6. The Balaban J connectivity index is 2.14. The lowest BCUT2D eigenvalue weighted by Crippen LogP contribution is -2.29. The lowest BCUT2D eigenvalue weighted by atomic mass is 10.0. The minimum Gasteiger partial charge on any atom is -0.544 e. The normalized spacial score (nSPS) is 12.1. The molecule has 2 aromatic carbocycles. The summed E-state index contributed by atoms with van der Waals surface area (Å²) in [6.07, 6.45) is 0.883. The SMILES string of the molecule is C[Si](C)(C)Oc1ccc(Cc2ccccc2O[Si](C)(C)C)cc1. The summed E-state index contributed by atoms with van der Waals surface area (Å²) in [5, 5.41) is 0. The van der Waals surface area contributed by atoms with Gasteiger partial charge in [0.25, 0.3) is 0 Å². The van der Waals surface area contributed by atoms with Crippen molar-refractivity contribution in [2.45, 2.75) is 45.7 Å². The lowest BCUT2D eigenvalue weighted by molar-refractivity contribution is 0.551. The van der Waals surface area contributed by atoms with Crippen LogP contribution in [-0.2, 0) is 6.42 Å². The Morgan fingerprint density at radius 1 is 0.696 bits per heavy atom. The molecule has 124 valence electrons. The summed E-state index contributed by atoms with van der Waals surface area (Å²) in [7, 11) is -3.14. The molecule has 0 aliphatic rings. The van der Waals surface area contributed by atoms with Gasteiger partial charge < -0.3 is 8.85 Å². The van der Waals surface area contributed by atoms with Gasteiger partial charge in [-0.1, -0.05) is 30.3 Å². The van der Waals surface area contributed by atoms with Gasteiger partial charge >= 0.3 is 0 Å². The molecule has 0 aliphatic heterocycles. The minimum atomic E-state index is -1.60. The van der Waals surface area contributed by atoms with Gasteiger partial charge in [0, 0.05) is 6.42 Å². The van der Waals surface area contributed by atoms with Crippen LogP contribution in [0.3, 0.4) is 0 Å². The highest BCUT2D eigenvalue weighted by atomic mass is 28.4. The molecule has 0 saturated heterocycles. The zero-order valence-corrected chi connectivity index (χ0v) is 17.1.